The molecule has 0 aliphatic heterocycles. The highest BCUT2D eigenvalue weighted by atomic mass is 31.2. The molecule has 0 aromatic rings. The zero-order valence-corrected chi connectivity index (χ0v) is 38.8. The van der Waals surface area contributed by atoms with Crippen LogP contribution in [0.15, 0.2) is 12.2 Å². The van der Waals surface area contributed by atoms with Crippen LogP contribution >= 0.6 is 7.82 Å². The molecule has 0 aromatic heterocycles. The first-order valence-corrected chi connectivity index (χ1v) is 25.4. The lowest BCUT2D eigenvalue weighted by Crippen LogP contribution is -2.37. The molecule has 2 atom stereocenters. The predicted molar refractivity (Wildman–Crippen MR) is 238 cm³/mol. The number of quaternary nitrogens is 1. The van der Waals surface area contributed by atoms with E-state index in [1.807, 2.05) is 21.1 Å². The first-order chi connectivity index (χ1) is 27.1. The smallest absolute Gasteiger partial charge is 0.457 e. The van der Waals surface area contributed by atoms with Gasteiger partial charge in [0, 0.05) is 13.0 Å². The Labute approximate surface area is 348 Å². The van der Waals surface area contributed by atoms with Gasteiger partial charge in [0.2, 0.25) is 0 Å². The Morgan fingerprint density at radius 1 is 0.536 bits per heavy atom. The van der Waals surface area contributed by atoms with E-state index in [9.17, 15) is 14.3 Å². The fourth-order valence-corrected chi connectivity index (χ4v) is 7.58. The van der Waals surface area contributed by atoms with Gasteiger partial charge in [0.05, 0.1) is 34.4 Å². The number of phosphoric acid groups is 1. The summed E-state index contributed by atoms with van der Waals surface area (Å²) in [5, 5.41) is 0. The molecule has 0 saturated carbocycles. The third-order valence-corrected chi connectivity index (χ3v) is 11.6. The Morgan fingerprint density at radius 2 is 0.929 bits per heavy atom. The van der Waals surface area contributed by atoms with Crippen LogP contribution < -0.4 is 0 Å². The number of nitrogens with zero attached hydrogens (tertiary/aromatic N) is 1. The van der Waals surface area contributed by atoms with Gasteiger partial charge >= 0.3 is 13.8 Å². The standard InChI is InChI=1S/C47H94NO7P/c1-6-8-10-12-14-16-18-20-22-23-24-25-27-29-31-33-35-37-39-42-52-44-46(45-54-56(50,51)53-43-41-48(3,4)5)55-47(49)40-38-36-34-32-30-28-26-21-19-17-15-13-11-9-7-2/h21,26,46H,6-20,22-25,27-45H2,1-5H3/p+1/b26-21-. The second-order valence-corrected chi connectivity index (χ2v) is 19.0. The number of hydrogen-bond donors (Lipinski definition) is 1. The molecule has 0 aliphatic carbocycles. The SMILES string of the molecule is CCCCCCCC/C=C\CCCCCCCC(=O)OC(COCCCCCCCCCCCCCCCCCCCCC)COP(=O)(O)OCC[N+](C)(C)C. The molecule has 0 saturated heterocycles. The van der Waals surface area contributed by atoms with Crippen LogP contribution in [-0.2, 0) is 27.9 Å². The highest BCUT2D eigenvalue weighted by Crippen LogP contribution is 2.43. The molecule has 1 N–H and O–H groups in total. The molecule has 8 nitrogen and oxygen atoms in total. The summed E-state index contributed by atoms with van der Waals surface area (Å²) in [6.07, 6.45) is 45.3. The van der Waals surface area contributed by atoms with E-state index in [2.05, 4.69) is 26.0 Å². The number of likely N-dealkylation sites (N-methyl/N-ethyl adjacent to an activating group) is 1. The molecular formula is C47H95NO7P+. The number of hydrogen-bond acceptors (Lipinski definition) is 6. The predicted octanol–water partition coefficient (Wildman–Crippen LogP) is 14.2. The molecule has 0 aromatic carbocycles. The van der Waals surface area contributed by atoms with Crippen molar-refractivity contribution in [3.63, 3.8) is 0 Å². The number of allylic oxidation sites excluding steroid dienone is 2. The van der Waals surface area contributed by atoms with Crippen molar-refractivity contribution in [2.45, 2.75) is 232 Å². The number of esters is 1. The zero-order valence-electron chi connectivity index (χ0n) is 37.9. The van der Waals surface area contributed by atoms with Crippen LogP contribution in [0.5, 0.6) is 0 Å². The van der Waals surface area contributed by atoms with Crippen LogP contribution in [0.1, 0.15) is 226 Å². The first-order valence-electron chi connectivity index (χ1n) is 23.9. The third-order valence-electron chi connectivity index (χ3n) is 10.6. The molecule has 0 rings (SSSR count). The van der Waals surface area contributed by atoms with Crippen molar-refractivity contribution in [3.8, 4) is 0 Å². The lowest BCUT2D eigenvalue weighted by molar-refractivity contribution is -0.870. The van der Waals surface area contributed by atoms with Crippen molar-refractivity contribution in [1.82, 2.24) is 0 Å². The minimum absolute atomic E-state index is 0.0904. The molecule has 0 bridgehead atoms. The van der Waals surface area contributed by atoms with E-state index in [0.29, 0.717) is 24.1 Å². The Kier molecular flexibility index (Phi) is 40.4. The molecule has 0 fully saturated rings. The highest BCUT2D eigenvalue weighted by molar-refractivity contribution is 7.47. The van der Waals surface area contributed by atoms with Crippen molar-refractivity contribution in [3.05, 3.63) is 12.2 Å². The number of unbranched alkanes of at least 4 members (excludes halogenated alkanes) is 29. The van der Waals surface area contributed by atoms with Gasteiger partial charge in [0.15, 0.2) is 0 Å². The van der Waals surface area contributed by atoms with Gasteiger partial charge in [-0.1, -0.05) is 193 Å². The molecule has 334 valence electrons. The Bertz CT molecular complexity index is 909. The molecular weight excluding hydrogens is 721 g/mol. The van der Waals surface area contributed by atoms with Gasteiger partial charge in [-0.25, -0.2) is 4.57 Å². The summed E-state index contributed by atoms with van der Waals surface area (Å²) >= 11 is 0. The van der Waals surface area contributed by atoms with E-state index in [0.717, 1.165) is 38.5 Å². The van der Waals surface area contributed by atoms with Gasteiger partial charge in [0.25, 0.3) is 0 Å². The summed E-state index contributed by atoms with van der Waals surface area (Å²) < 4.78 is 35.1. The average molecular weight is 817 g/mol. The van der Waals surface area contributed by atoms with E-state index in [4.69, 9.17) is 18.5 Å². The van der Waals surface area contributed by atoms with Crippen LogP contribution in [0, 0.1) is 0 Å². The number of carbonyl (C=O) groups is 1. The van der Waals surface area contributed by atoms with Crippen LogP contribution in [0.25, 0.3) is 0 Å². The van der Waals surface area contributed by atoms with Gasteiger partial charge in [-0.2, -0.15) is 0 Å². The van der Waals surface area contributed by atoms with E-state index in [-0.39, 0.29) is 25.8 Å². The van der Waals surface area contributed by atoms with Gasteiger partial charge in [-0.05, 0) is 38.5 Å². The molecule has 0 amide bonds. The van der Waals surface area contributed by atoms with Gasteiger partial charge in [-0.15, -0.1) is 0 Å². The molecule has 0 radical (unpaired) electrons. The molecule has 0 spiro atoms. The van der Waals surface area contributed by atoms with Crippen LogP contribution in [0.2, 0.25) is 0 Å². The molecule has 9 heteroatoms. The summed E-state index contributed by atoms with van der Waals surface area (Å²) in [7, 11) is 1.68. The molecule has 56 heavy (non-hydrogen) atoms. The fourth-order valence-electron chi connectivity index (χ4n) is 6.84. The minimum atomic E-state index is -4.27. The van der Waals surface area contributed by atoms with Crippen molar-refractivity contribution < 1.29 is 37.3 Å². The summed E-state index contributed by atoms with van der Waals surface area (Å²) in [6, 6.07) is 0. The summed E-state index contributed by atoms with van der Waals surface area (Å²) in [5.74, 6) is -0.318. The number of rotatable bonds is 45. The summed E-state index contributed by atoms with van der Waals surface area (Å²) in [5.41, 5.74) is 0. The Balaban J connectivity index is 4.15. The average Bonchev–Trinajstić information content (AvgIpc) is 3.15. The van der Waals surface area contributed by atoms with Crippen molar-refractivity contribution >= 4 is 13.8 Å². The summed E-state index contributed by atoms with van der Waals surface area (Å²) in [4.78, 5) is 22.9. The monoisotopic (exact) mass is 817 g/mol. The number of carbonyl (C=O) groups excluding carboxylic acids is 1. The maximum Gasteiger partial charge on any atom is 0.472 e. The Hall–Kier alpha value is -0.760. The third kappa shape index (κ3) is 44.3. The van der Waals surface area contributed by atoms with Crippen molar-refractivity contribution in [2.24, 2.45) is 0 Å². The quantitative estimate of drug-likeness (QED) is 0.0215. The van der Waals surface area contributed by atoms with E-state index < -0.39 is 13.9 Å². The largest absolute Gasteiger partial charge is 0.472 e. The van der Waals surface area contributed by atoms with Gasteiger partial charge in [-0.3, -0.25) is 13.8 Å². The molecule has 0 aliphatic rings. The normalized spacial score (nSPS) is 13.8. The lowest BCUT2D eigenvalue weighted by Gasteiger charge is -2.24. The van der Waals surface area contributed by atoms with Crippen molar-refractivity contribution in [1.29, 1.82) is 0 Å². The van der Waals surface area contributed by atoms with Crippen LogP contribution in [-0.4, -0.2) is 75.6 Å². The zero-order chi connectivity index (χ0) is 41.3. The van der Waals surface area contributed by atoms with Crippen LogP contribution in [0.4, 0.5) is 0 Å². The maximum atomic E-state index is 12.7. The molecule has 0 heterocycles. The lowest BCUT2D eigenvalue weighted by atomic mass is 10.0. The fraction of sp³-hybridized carbons (Fsp3) is 0.936. The second kappa shape index (κ2) is 41.0. The maximum absolute atomic E-state index is 12.7. The highest BCUT2D eigenvalue weighted by Gasteiger charge is 2.26. The molecule has 2 unspecified atom stereocenters. The first kappa shape index (κ1) is 55.2. The van der Waals surface area contributed by atoms with E-state index >= 15 is 0 Å². The minimum Gasteiger partial charge on any atom is -0.457 e. The number of ether oxygens (including phenoxy) is 2. The van der Waals surface area contributed by atoms with Crippen LogP contribution in [0.3, 0.4) is 0 Å². The van der Waals surface area contributed by atoms with E-state index in [1.165, 1.54) is 167 Å². The van der Waals surface area contributed by atoms with E-state index in [1.54, 1.807) is 0 Å². The number of phosphoric ester groups is 1. The van der Waals surface area contributed by atoms with Gasteiger partial charge < -0.3 is 18.9 Å². The van der Waals surface area contributed by atoms with Gasteiger partial charge in [0.1, 0.15) is 19.3 Å². The topological polar surface area (TPSA) is 91.3 Å². The second-order valence-electron chi connectivity index (χ2n) is 17.5. The summed E-state index contributed by atoms with van der Waals surface area (Å²) in [6.45, 7) is 5.66. The van der Waals surface area contributed by atoms with Crippen molar-refractivity contribution in [2.75, 3.05) is 54.1 Å². The Morgan fingerprint density at radius 3 is 1.36 bits per heavy atom.